The highest BCUT2D eigenvalue weighted by Gasteiger charge is 2.18. The van der Waals surface area contributed by atoms with Crippen molar-refractivity contribution in [1.29, 1.82) is 0 Å². The number of hydrogen-bond donors (Lipinski definition) is 0. The van der Waals surface area contributed by atoms with Crippen LogP contribution in [-0.2, 0) is 4.74 Å². The van der Waals surface area contributed by atoms with Crippen LogP contribution in [0.3, 0.4) is 0 Å². The largest absolute Gasteiger partial charge is 0.454 e. The van der Waals surface area contributed by atoms with Crippen molar-refractivity contribution in [2.45, 2.75) is 13.0 Å². The van der Waals surface area contributed by atoms with Gasteiger partial charge < -0.3 is 9.15 Å². The second kappa shape index (κ2) is 5.85. The van der Waals surface area contributed by atoms with E-state index in [-0.39, 0.29) is 5.56 Å². The van der Waals surface area contributed by atoms with Crippen LogP contribution in [0, 0.1) is 0 Å². The van der Waals surface area contributed by atoms with Crippen LogP contribution in [0.5, 0.6) is 0 Å². The molecule has 0 bridgehead atoms. The van der Waals surface area contributed by atoms with Crippen molar-refractivity contribution in [3.63, 3.8) is 0 Å². The Hall–Kier alpha value is -2.88. The third-order valence-corrected chi connectivity index (χ3v) is 3.41. The van der Waals surface area contributed by atoms with Crippen LogP contribution in [0.4, 0.5) is 0 Å². The molecular formula is C18H14O4. The molecule has 1 atom stereocenters. The fourth-order valence-corrected chi connectivity index (χ4v) is 2.22. The average molecular weight is 294 g/mol. The SMILES string of the molecule is C[C@@H](OC(=O)c1cc2ccccc2oc1=O)c1ccccc1. The molecule has 22 heavy (non-hydrogen) atoms. The van der Waals surface area contributed by atoms with Crippen molar-refractivity contribution >= 4 is 16.9 Å². The predicted octanol–water partition coefficient (Wildman–Crippen LogP) is 3.71. The fraction of sp³-hybridized carbons (Fsp3) is 0.111. The van der Waals surface area contributed by atoms with Gasteiger partial charge in [0, 0.05) is 5.39 Å². The average Bonchev–Trinajstić information content (AvgIpc) is 2.54. The summed E-state index contributed by atoms with van der Waals surface area (Å²) in [6.45, 7) is 1.76. The van der Waals surface area contributed by atoms with Crippen LogP contribution in [-0.4, -0.2) is 5.97 Å². The summed E-state index contributed by atoms with van der Waals surface area (Å²) in [6.07, 6.45) is -0.445. The summed E-state index contributed by atoms with van der Waals surface area (Å²) >= 11 is 0. The Kier molecular flexibility index (Phi) is 3.74. The number of rotatable bonds is 3. The van der Waals surface area contributed by atoms with Gasteiger partial charge in [-0.3, -0.25) is 0 Å². The van der Waals surface area contributed by atoms with Crippen LogP contribution >= 0.6 is 0 Å². The van der Waals surface area contributed by atoms with Crippen molar-refractivity contribution < 1.29 is 13.9 Å². The summed E-state index contributed by atoms with van der Waals surface area (Å²) in [5.41, 5.74) is 0.520. The molecule has 1 heterocycles. The minimum Gasteiger partial charge on any atom is -0.454 e. The molecule has 0 aliphatic heterocycles. The zero-order valence-corrected chi connectivity index (χ0v) is 12.0. The maximum absolute atomic E-state index is 12.2. The smallest absolute Gasteiger partial charge is 0.351 e. The van der Waals surface area contributed by atoms with Gasteiger partial charge in [0.1, 0.15) is 17.3 Å². The molecule has 3 aromatic rings. The van der Waals surface area contributed by atoms with Crippen LogP contribution in [0.2, 0.25) is 0 Å². The lowest BCUT2D eigenvalue weighted by Gasteiger charge is -2.13. The molecule has 0 N–H and O–H groups in total. The Morgan fingerprint density at radius 1 is 1.05 bits per heavy atom. The van der Waals surface area contributed by atoms with Gasteiger partial charge in [0.15, 0.2) is 0 Å². The Morgan fingerprint density at radius 2 is 1.73 bits per heavy atom. The Balaban J connectivity index is 1.89. The molecule has 0 fully saturated rings. The third-order valence-electron chi connectivity index (χ3n) is 3.41. The summed E-state index contributed by atoms with van der Waals surface area (Å²) < 4.78 is 10.5. The van der Waals surface area contributed by atoms with E-state index in [1.807, 2.05) is 36.4 Å². The summed E-state index contributed by atoms with van der Waals surface area (Å²) in [5, 5.41) is 0.682. The Morgan fingerprint density at radius 3 is 2.50 bits per heavy atom. The first-order valence-corrected chi connectivity index (χ1v) is 6.94. The minimum absolute atomic E-state index is 0.0959. The van der Waals surface area contributed by atoms with Gasteiger partial charge in [-0.2, -0.15) is 0 Å². The highest BCUT2D eigenvalue weighted by atomic mass is 16.5. The summed E-state index contributed by atoms with van der Waals surface area (Å²) in [5.74, 6) is -0.684. The van der Waals surface area contributed by atoms with E-state index >= 15 is 0 Å². The number of benzene rings is 2. The van der Waals surface area contributed by atoms with E-state index in [0.717, 1.165) is 5.56 Å². The standard InChI is InChI=1S/C18H14O4/c1-12(13-7-3-2-4-8-13)21-17(19)15-11-14-9-5-6-10-16(14)22-18(15)20/h2-12H,1H3/t12-/m1/s1. The van der Waals surface area contributed by atoms with Gasteiger partial charge in [-0.15, -0.1) is 0 Å². The van der Waals surface area contributed by atoms with E-state index in [1.54, 1.807) is 25.1 Å². The molecule has 0 saturated heterocycles. The maximum atomic E-state index is 12.2. The van der Waals surface area contributed by atoms with Gasteiger partial charge in [0.2, 0.25) is 0 Å². The summed E-state index contributed by atoms with van der Waals surface area (Å²) in [4.78, 5) is 24.1. The van der Waals surface area contributed by atoms with Crippen LogP contribution in [0.15, 0.2) is 69.9 Å². The van der Waals surface area contributed by atoms with Gasteiger partial charge in [0.25, 0.3) is 0 Å². The van der Waals surface area contributed by atoms with Gasteiger partial charge in [-0.25, -0.2) is 9.59 Å². The van der Waals surface area contributed by atoms with Crippen LogP contribution in [0.25, 0.3) is 11.0 Å². The van der Waals surface area contributed by atoms with E-state index in [9.17, 15) is 9.59 Å². The molecular weight excluding hydrogens is 280 g/mol. The van der Waals surface area contributed by atoms with Crippen molar-refractivity contribution in [2.24, 2.45) is 0 Å². The molecule has 4 heteroatoms. The number of carbonyl (C=O) groups excluding carboxylic acids is 1. The molecule has 0 radical (unpaired) electrons. The second-order valence-corrected chi connectivity index (χ2v) is 4.94. The predicted molar refractivity (Wildman–Crippen MR) is 82.8 cm³/mol. The molecule has 0 unspecified atom stereocenters. The molecule has 3 rings (SSSR count). The molecule has 110 valence electrons. The van der Waals surface area contributed by atoms with Gasteiger partial charge in [0.05, 0.1) is 0 Å². The van der Waals surface area contributed by atoms with E-state index in [4.69, 9.17) is 9.15 Å². The molecule has 0 aliphatic rings. The zero-order chi connectivity index (χ0) is 15.5. The summed E-state index contributed by atoms with van der Waals surface area (Å²) in [6, 6.07) is 17.9. The zero-order valence-electron chi connectivity index (χ0n) is 12.0. The molecule has 2 aromatic carbocycles. The number of fused-ring (bicyclic) bond motifs is 1. The molecule has 1 aromatic heterocycles. The first kappa shape index (κ1) is 14.1. The normalized spacial score (nSPS) is 12.0. The lowest BCUT2D eigenvalue weighted by molar-refractivity contribution is 0.0333. The van der Waals surface area contributed by atoms with Crippen molar-refractivity contribution in [2.75, 3.05) is 0 Å². The van der Waals surface area contributed by atoms with Gasteiger partial charge in [-0.05, 0) is 24.6 Å². The van der Waals surface area contributed by atoms with E-state index in [1.165, 1.54) is 6.07 Å². The highest BCUT2D eigenvalue weighted by Crippen LogP contribution is 2.19. The fourth-order valence-electron chi connectivity index (χ4n) is 2.22. The van der Waals surface area contributed by atoms with Crippen molar-refractivity contribution in [1.82, 2.24) is 0 Å². The topological polar surface area (TPSA) is 56.5 Å². The highest BCUT2D eigenvalue weighted by molar-refractivity contribution is 5.92. The quantitative estimate of drug-likeness (QED) is 0.546. The first-order chi connectivity index (χ1) is 10.6. The molecule has 0 aliphatic carbocycles. The lowest BCUT2D eigenvalue weighted by Crippen LogP contribution is -2.18. The molecule has 0 amide bonds. The van der Waals surface area contributed by atoms with Gasteiger partial charge >= 0.3 is 11.6 Å². The lowest BCUT2D eigenvalue weighted by atomic mass is 10.1. The van der Waals surface area contributed by atoms with Gasteiger partial charge in [-0.1, -0.05) is 48.5 Å². The van der Waals surface area contributed by atoms with Crippen molar-refractivity contribution in [3.05, 3.63) is 82.2 Å². The van der Waals surface area contributed by atoms with Crippen LogP contribution in [0.1, 0.15) is 28.9 Å². The third kappa shape index (κ3) is 2.76. The monoisotopic (exact) mass is 294 g/mol. The molecule has 0 spiro atoms. The molecule has 4 nitrogen and oxygen atoms in total. The second-order valence-electron chi connectivity index (χ2n) is 4.94. The Bertz CT molecular complexity index is 865. The van der Waals surface area contributed by atoms with E-state index < -0.39 is 17.7 Å². The van der Waals surface area contributed by atoms with E-state index in [2.05, 4.69) is 0 Å². The molecule has 0 saturated carbocycles. The number of carbonyl (C=O) groups is 1. The first-order valence-electron chi connectivity index (χ1n) is 6.94. The number of ether oxygens (including phenoxy) is 1. The number of esters is 1. The van der Waals surface area contributed by atoms with E-state index in [0.29, 0.717) is 11.0 Å². The minimum atomic E-state index is -0.691. The van der Waals surface area contributed by atoms with Crippen molar-refractivity contribution in [3.8, 4) is 0 Å². The summed E-state index contributed by atoms with van der Waals surface area (Å²) in [7, 11) is 0. The Labute approximate surface area is 127 Å². The number of para-hydroxylation sites is 1. The van der Waals surface area contributed by atoms with Crippen LogP contribution < -0.4 is 5.63 Å². The number of hydrogen-bond acceptors (Lipinski definition) is 4. The maximum Gasteiger partial charge on any atom is 0.351 e.